The number of unbranched alkanes of at least 4 members (excludes halogenated alkanes) is 12. The van der Waals surface area contributed by atoms with Crippen LogP contribution in [0.5, 0.6) is 0 Å². The van der Waals surface area contributed by atoms with Crippen molar-refractivity contribution >= 4 is 5.97 Å². The number of hydrogen-bond acceptors (Lipinski definition) is 5. The van der Waals surface area contributed by atoms with Gasteiger partial charge in [0.05, 0.1) is 19.8 Å². The summed E-state index contributed by atoms with van der Waals surface area (Å²) in [6, 6.07) is 0. The molecule has 0 aromatic rings. The summed E-state index contributed by atoms with van der Waals surface area (Å²) in [6.07, 6.45) is 20.2. The first-order valence-electron chi connectivity index (χ1n) is 15.0. The fourth-order valence-electron chi connectivity index (χ4n) is 4.15. The van der Waals surface area contributed by atoms with E-state index >= 15 is 0 Å². The van der Waals surface area contributed by atoms with Crippen LogP contribution in [0.3, 0.4) is 0 Å². The van der Waals surface area contributed by atoms with Crippen molar-refractivity contribution in [2.75, 3.05) is 46.1 Å². The van der Waals surface area contributed by atoms with Crippen molar-refractivity contribution in [1.29, 1.82) is 0 Å². The summed E-state index contributed by atoms with van der Waals surface area (Å²) in [5.74, 6) is -0.153. The Bertz CT molecular complexity index is 432. The van der Waals surface area contributed by atoms with E-state index in [2.05, 4.69) is 18.7 Å². The normalized spacial score (nSPS) is 11.9. The zero-order valence-electron chi connectivity index (χ0n) is 24.3. The lowest BCUT2D eigenvalue weighted by atomic mass is 10.1. The fourth-order valence-corrected chi connectivity index (χ4v) is 4.15. The molecule has 0 heterocycles. The first-order valence-corrected chi connectivity index (χ1v) is 15.0. The summed E-state index contributed by atoms with van der Waals surface area (Å²) in [5.41, 5.74) is -0.414. The van der Waals surface area contributed by atoms with Gasteiger partial charge in [-0.1, -0.05) is 90.9 Å². The summed E-state index contributed by atoms with van der Waals surface area (Å²) in [6.45, 7) is 16.2. The zero-order valence-corrected chi connectivity index (χ0v) is 24.3. The molecule has 0 aliphatic heterocycles. The largest absolute Gasteiger partial charge is 0.460 e. The minimum atomic E-state index is -0.414. The first kappa shape index (κ1) is 34.4. The SMILES string of the molecule is CCCCCCCCCN(CCCCCCCCC)CCOCCOCCCC(=O)OC(C)(C)C. The van der Waals surface area contributed by atoms with Crippen LogP contribution in [0.1, 0.15) is 137 Å². The molecule has 0 fully saturated rings. The van der Waals surface area contributed by atoms with E-state index in [9.17, 15) is 4.79 Å². The second kappa shape index (κ2) is 25.0. The van der Waals surface area contributed by atoms with Gasteiger partial charge in [-0.25, -0.2) is 0 Å². The first-order chi connectivity index (χ1) is 16.9. The monoisotopic (exact) mass is 499 g/mol. The molecule has 0 unspecified atom stereocenters. The van der Waals surface area contributed by atoms with E-state index in [0.717, 1.165) is 13.2 Å². The molecule has 0 aliphatic rings. The molecule has 210 valence electrons. The standard InChI is InChI=1S/C30H61NO4/c1-6-8-10-12-14-16-18-22-31(23-19-17-15-13-11-9-7-2)24-26-34-28-27-33-25-20-21-29(32)35-30(3,4)5/h6-28H2,1-5H3. The lowest BCUT2D eigenvalue weighted by Gasteiger charge is -2.22. The van der Waals surface area contributed by atoms with E-state index in [1.165, 1.54) is 103 Å². The van der Waals surface area contributed by atoms with Crippen LogP contribution in [-0.4, -0.2) is 62.5 Å². The van der Waals surface area contributed by atoms with E-state index in [-0.39, 0.29) is 5.97 Å². The minimum Gasteiger partial charge on any atom is -0.460 e. The Morgan fingerprint density at radius 2 is 1.03 bits per heavy atom. The van der Waals surface area contributed by atoms with Crippen LogP contribution in [0.15, 0.2) is 0 Å². The number of hydrogen-bond donors (Lipinski definition) is 0. The lowest BCUT2D eigenvalue weighted by molar-refractivity contribution is -0.155. The van der Waals surface area contributed by atoms with Gasteiger partial charge in [0.25, 0.3) is 0 Å². The molecule has 0 bridgehead atoms. The van der Waals surface area contributed by atoms with Gasteiger partial charge in [-0.05, 0) is 53.1 Å². The molecule has 0 rings (SSSR count). The molecule has 0 amide bonds. The second-order valence-electron chi connectivity index (χ2n) is 11.0. The van der Waals surface area contributed by atoms with Crippen molar-refractivity contribution in [1.82, 2.24) is 4.90 Å². The van der Waals surface area contributed by atoms with Gasteiger partial charge in [0.2, 0.25) is 0 Å². The van der Waals surface area contributed by atoms with Crippen LogP contribution in [0.25, 0.3) is 0 Å². The average molecular weight is 500 g/mol. The molecule has 0 N–H and O–H groups in total. The number of carbonyl (C=O) groups excluding carboxylic acids is 1. The summed E-state index contributed by atoms with van der Waals surface area (Å²) in [7, 11) is 0. The average Bonchev–Trinajstić information content (AvgIpc) is 2.80. The molecule has 5 nitrogen and oxygen atoms in total. The van der Waals surface area contributed by atoms with Crippen molar-refractivity contribution in [2.24, 2.45) is 0 Å². The molecule has 0 aliphatic carbocycles. The van der Waals surface area contributed by atoms with Crippen molar-refractivity contribution in [3.05, 3.63) is 0 Å². The van der Waals surface area contributed by atoms with Crippen LogP contribution in [0.4, 0.5) is 0 Å². The molecule has 5 heteroatoms. The number of nitrogens with zero attached hydrogens (tertiary/aromatic N) is 1. The van der Waals surface area contributed by atoms with Crippen molar-refractivity contribution in [2.45, 2.75) is 143 Å². The highest BCUT2D eigenvalue weighted by atomic mass is 16.6. The third-order valence-electron chi connectivity index (χ3n) is 6.17. The Morgan fingerprint density at radius 1 is 0.571 bits per heavy atom. The Hall–Kier alpha value is -0.650. The molecule has 0 saturated heterocycles. The van der Waals surface area contributed by atoms with E-state index in [0.29, 0.717) is 32.7 Å². The number of carbonyl (C=O) groups is 1. The second-order valence-corrected chi connectivity index (χ2v) is 11.0. The molecule has 0 aromatic carbocycles. The Kier molecular flexibility index (Phi) is 24.6. The highest BCUT2D eigenvalue weighted by Crippen LogP contribution is 2.11. The molecular formula is C30H61NO4. The van der Waals surface area contributed by atoms with Crippen LogP contribution in [0, 0.1) is 0 Å². The number of ether oxygens (including phenoxy) is 3. The van der Waals surface area contributed by atoms with E-state index < -0.39 is 5.60 Å². The minimum absolute atomic E-state index is 0.153. The van der Waals surface area contributed by atoms with Gasteiger partial charge < -0.3 is 19.1 Å². The van der Waals surface area contributed by atoms with Gasteiger partial charge >= 0.3 is 5.97 Å². The Balaban J connectivity index is 3.88. The molecule has 0 saturated carbocycles. The summed E-state index contributed by atoms with van der Waals surface area (Å²) in [4.78, 5) is 14.3. The quantitative estimate of drug-likeness (QED) is 0.0892. The third-order valence-corrected chi connectivity index (χ3v) is 6.17. The predicted molar refractivity (Wildman–Crippen MR) is 149 cm³/mol. The molecule has 0 atom stereocenters. The topological polar surface area (TPSA) is 48.0 Å². The summed E-state index contributed by atoms with van der Waals surface area (Å²) >= 11 is 0. The van der Waals surface area contributed by atoms with Crippen LogP contribution < -0.4 is 0 Å². The smallest absolute Gasteiger partial charge is 0.306 e. The number of esters is 1. The molecule has 0 radical (unpaired) electrons. The van der Waals surface area contributed by atoms with E-state index in [4.69, 9.17) is 14.2 Å². The van der Waals surface area contributed by atoms with E-state index in [1.54, 1.807) is 0 Å². The van der Waals surface area contributed by atoms with Gasteiger partial charge in [-0.2, -0.15) is 0 Å². The maximum atomic E-state index is 11.7. The molecule has 0 aromatic heterocycles. The fraction of sp³-hybridized carbons (Fsp3) is 0.967. The maximum absolute atomic E-state index is 11.7. The van der Waals surface area contributed by atoms with Gasteiger partial charge in [-0.3, -0.25) is 4.79 Å². The zero-order chi connectivity index (χ0) is 26.0. The lowest BCUT2D eigenvalue weighted by Crippen LogP contribution is -2.30. The maximum Gasteiger partial charge on any atom is 0.306 e. The Morgan fingerprint density at radius 3 is 1.51 bits per heavy atom. The van der Waals surface area contributed by atoms with Gasteiger partial charge in [0.15, 0.2) is 0 Å². The van der Waals surface area contributed by atoms with E-state index in [1.807, 2.05) is 20.8 Å². The molecule has 0 spiro atoms. The summed E-state index contributed by atoms with van der Waals surface area (Å²) < 4.78 is 16.8. The van der Waals surface area contributed by atoms with Gasteiger partial charge in [-0.15, -0.1) is 0 Å². The molecular weight excluding hydrogens is 438 g/mol. The molecule has 35 heavy (non-hydrogen) atoms. The Labute approximate surface area is 219 Å². The van der Waals surface area contributed by atoms with Crippen LogP contribution >= 0.6 is 0 Å². The van der Waals surface area contributed by atoms with Crippen molar-refractivity contribution in [3.8, 4) is 0 Å². The van der Waals surface area contributed by atoms with Crippen molar-refractivity contribution in [3.63, 3.8) is 0 Å². The van der Waals surface area contributed by atoms with Crippen molar-refractivity contribution < 1.29 is 19.0 Å². The number of rotatable bonds is 26. The summed E-state index contributed by atoms with van der Waals surface area (Å²) in [5, 5.41) is 0. The van der Waals surface area contributed by atoms with Gasteiger partial charge in [0, 0.05) is 19.6 Å². The van der Waals surface area contributed by atoms with Gasteiger partial charge in [0.1, 0.15) is 5.60 Å². The third kappa shape index (κ3) is 27.8. The van der Waals surface area contributed by atoms with Crippen LogP contribution in [0.2, 0.25) is 0 Å². The highest BCUT2D eigenvalue weighted by Gasteiger charge is 2.15. The highest BCUT2D eigenvalue weighted by molar-refractivity contribution is 5.69. The predicted octanol–water partition coefficient (Wildman–Crippen LogP) is 7.94. The van der Waals surface area contributed by atoms with Crippen LogP contribution in [-0.2, 0) is 19.0 Å².